The number of fused-ring (bicyclic) bond motifs is 1. The standard InChI is InChI=1S/C23H15Br3N4O4/c1-13-28-21-6-4-16(24)9-19(21)23(31)29(13)27-11-15-8-18(30(32)33)5-7-22(15)34-12-14-2-3-17(25)10-20(14)26/h2-11H,12H2,1H3. The molecule has 8 nitrogen and oxygen atoms in total. The third-order valence-electron chi connectivity index (χ3n) is 4.88. The van der Waals surface area contributed by atoms with Gasteiger partial charge in [0.05, 0.1) is 22.0 Å². The number of hydrogen-bond acceptors (Lipinski definition) is 6. The number of ether oxygens (including phenoxy) is 1. The van der Waals surface area contributed by atoms with Crippen LogP contribution in [0.1, 0.15) is 17.0 Å². The first kappa shape index (κ1) is 24.2. The van der Waals surface area contributed by atoms with Gasteiger partial charge in [-0.2, -0.15) is 9.78 Å². The zero-order valence-electron chi connectivity index (χ0n) is 17.5. The largest absolute Gasteiger partial charge is 0.488 e. The monoisotopic (exact) mass is 648 g/mol. The summed E-state index contributed by atoms with van der Waals surface area (Å²) in [5.41, 5.74) is 1.32. The second kappa shape index (κ2) is 10.2. The van der Waals surface area contributed by atoms with Crippen LogP contribution >= 0.6 is 47.8 Å². The van der Waals surface area contributed by atoms with E-state index in [9.17, 15) is 14.9 Å². The van der Waals surface area contributed by atoms with Crippen molar-refractivity contribution < 1.29 is 9.66 Å². The smallest absolute Gasteiger partial charge is 0.282 e. The summed E-state index contributed by atoms with van der Waals surface area (Å²) in [6, 6.07) is 15.1. The van der Waals surface area contributed by atoms with Crippen molar-refractivity contribution in [3.63, 3.8) is 0 Å². The highest BCUT2D eigenvalue weighted by molar-refractivity contribution is 9.11. The second-order valence-corrected chi connectivity index (χ2v) is 9.87. The van der Waals surface area contributed by atoms with Crippen molar-refractivity contribution in [2.45, 2.75) is 13.5 Å². The van der Waals surface area contributed by atoms with Crippen molar-refractivity contribution in [1.82, 2.24) is 9.66 Å². The summed E-state index contributed by atoms with van der Waals surface area (Å²) < 4.78 is 9.62. The highest BCUT2D eigenvalue weighted by Crippen LogP contribution is 2.27. The first-order valence-electron chi connectivity index (χ1n) is 9.81. The maximum absolute atomic E-state index is 13.0. The molecule has 0 saturated carbocycles. The molecule has 11 heteroatoms. The molecule has 0 radical (unpaired) electrons. The number of nitro benzene ring substituents is 1. The van der Waals surface area contributed by atoms with Gasteiger partial charge in [-0.1, -0.05) is 53.9 Å². The third-order valence-corrected chi connectivity index (χ3v) is 6.61. The predicted octanol–water partition coefficient (Wildman–Crippen LogP) is 6.36. The number of rotatable bonds is 6. The predicted molar refractivity (Wildman–Crippen MR) is 141 cm³/mol. The van der Waals surface area contributed by atoms with Crippen LogP contribution in [0.15, 0.2) is 77.9 Å². The molecule has 0 aliphatic carbocycles. The average molecular weight is 651 g/mol. The van der Waals surface area contributed by atoms with Gasteiger partial charge < -0.3 is 4.74 Å². The van der Waals surface area contributed by atoms with Gasteiger partial charge in [0, 0.05) is 36.7 Å². The van der Waals surface area contributed by atoms with Gasteiger partial charge in [0.2, 0.25) is 0 Å². The van der Waals surface area contributed by atoms with E-state index < -0.39 is 4.92 Å². The van der Waals surface area contributed by atoms with E-state index in [0.29, 0.717) is 28.0 Å². The van der Waals surface area contributed by atoms with Crippen LogP contribution in [0.2, 0.25) is 0 Å². The van der Waals surface area contributed by atoms with Gasteiger partial charge in [-0.3, -0.25) is 14.9 Å². The number of benzene rings is 3. The van der Waals surface area contributed by atoms with Crippen LogP contribution in [0.3, 0.4) is 0 Å². The molecular weight excluding hydrogens is 636 g/mol. The molecule has 0 N–H and O–H groups in total. The number of non-ortho nitro benzene ring substituents is 1. The molecule has 0 bridgehead atoms. The molecule has 34 heavy (non-hydrogen) atoms. The molecule has 0 aliphatic heterocycles. The van der Waals surface area contributed by atoms with Crippen LogP contribution in [-0.4, -0.2) is 20.8 Å². The van der Waals surface area contributed by atoms with Gasteiger partial charge in [0.25, 0.3) is 11.2 Å². The Morgan fingerprint density at radius 3 is 2.56 bits per heavy atom. The van der Waals surface area contributed by atoms with Crippen LogP contribution in [0.25, 0.3) is 10.9 Å². The normalized spacial score (nSPS) is 11.3. The molecule has 0 saturated heterocycles. The fourth-order valence-electron chi connectivity index (χ4n) is 3.19. The Kier molecular flexibility index (Phi) is 7.24. The second-order valence-electron chi connectivity index (χ2n) is 7.19. The van der Waals surface area contributed by atoms with Gasteiger partial charge in [-0.15, -0.1) is 0 Å². The van der Waals surface area contributed by atoms with Crippen LogP contribution in [0, 0.1) is 17.0 Å². The van der Waals surface area contributed by atoms with Crippen molar-refractivity contribution in [3.8, 4) is 5.75 Å². The van der Waals surface area contributed by atoms with E-state index in [-0.39, 0.29) is 17.9 Å². The summed E-state index contributed by atoms with van der Waals surface area (Å²) in [6.07, 6.45) is 1.36. The Bertz CT molecular complexity index is 1520. The summed E-state index contributed by atoms with van der Waals surface area (Å²) in [7, 11) is 0. The summed E-state index contributed by atoms with van der Waals surface area (Å²) >= 11 is 10.3. The molecule has 0 unspecified atom stereocenters. The van der Waals surface area contributed by atoms with Gasteiger partial charge in [0.1, 0.15) is 18.2 Å². The maximum atomic E-state index is 13.0. The number of aryl methyl sites for hydroxylation is 1. The van der Waals surface area contributed by atoms with Crippen LogP contribution in [-0.2, 0) is 6.61 Å². The Morgan fingerprint density at radius 2 is 1.82 bits per heavy atom. The van der Waals surface area contributed by atoms with Crippen LogP contribution in [0.5, 0.6) is 5.75 Å². The molecule has 0 amide bonds. The number of nitrogens with zero attached hydrogens (tertiary/aromatic N) is 4. The molecule has 0 spiro atoms. The number of halogens is 3. The minimum Gasteiger partial charge on any atom is -0.488 e. The van der Waals surface area contributed by atoms with Gasteiger partial charge in [0.15, 0.2) is 0 Å². The lowest BCUT2D eigenvalue weighted by atomic mass is 10.2. The lowest BCUT2D eigenvalue weighted by Gasteiger charge is -2.11. The van der Waals surface area contributed by atoms with E-state index in [0.717, 1.165) is 23.7 Å². The first-order valence-corrected chi connectivity index (χ1v) is 12.2. The summed E-state index contributed by atoms with van der Waals surface area (Å²) in [5, 5.41) is 16.0. The average Bonchev–Trinajstić information content (AvgIpc) is 2.79. The number of aromatic nitrogens is 2. The molecule has 0 aliphatic rings. The summed E-state index contributed by atoms with van der Waals surface area (Å²) in [5.74, 6) is 0.758. The summed E-state index contributed by atoms with van der Waals surface area (Å²) in [4.78, 5) is 28.2. The SMILES string of the molecule is Cc1nc2ccc(Br)cc2c(=O)n1N=Cc1cc([N+](=O)[O-])ccc1OCc1ccc(Br)cc1Br. The maximum Gasteiger partial charge on any atom is 0.282 e. The highest BCUT2D eigenvalue weighted by Gasteiger charge is 2.13. The molecule has 3 aromatic carbocycles. The topological polar surface area (TPSA) is 99.6 Å². The van der Waals surface area contributed by atoms with Crippen molar-refractivity contribution >= 4 is 70.6 Å². The van der Waals surface area contributed by atoms with E-state index >= 15 is 0 Å². The van der Waals surface area contributed by atoms with E-state index in [1.165, 1.54) is 24.4 Å². The van der Waals surface area contributed by atoms with Crippen molar-refractivity contribution in [3.05, 3.63) is 105 Å². The Labute approximate surface area is 218 Å². The van der Waals surface area contributed by atoms with E-state index in [4.69, 9.17) is 4.74 Å². The molecule has 4 rings (SSSR count). The molecule has 0 fully saturated rings. The fourth-order valence-corrected chi connectivity index (χ4v) is 4.71. The van der Waals surface area contributed by atoms with Crippen molar-refractivity contribution in [2.75, 3.05) is 0 Å². The third kappa shape index (κ3) is 5.26. The van der Waals surface area contributed by atoms with Crippen LogP contribution < -0.4 is 10.3 Å². The van der Waals surface area contributed by atoms with Gasteiger partial charge in [-0.25, -0.2) is 4.98 Å². The lowest BCUT2D eigenvalue weighted by molar-refractivity contribution is -0.384. The fraction of sp³-hybridized carbons (Fsp3) is 0.0870. The van der Waals surface area contributed by atoms with Crippen molar-refractivity contribution in [1.29, 1.82) is 0 Å². The zero-order chi connectivity index (χ0) is 24.4. The Balaban J connectivity index is 1.72. The highest BCUT2D eigenvalue weighted by atomic mass is 79.9. The summed E-state index contributed by atoms with van der Waals surface area (Å²) in [6.45, 7) is 1.88. The van der Waals surface area contributed by atoms with Crippen molar-refractivity contribution in [2.24, 2.45) is 5.10 Å². The Hall–Kier alpha value is -2.89. The molecule has 172 valence electrons. The van der Waals surface area contributed by atoms with E-state index in [2.05, 4.69) is 57.9 Å². The minimum absolute atomic E-state index is 0.122. The lowest BCUT2D eigenvalue weighted by Crippen LogP contribution is -2.20. The molecule has 1 aromatic heterocycles. The molecular formula is C23H15Br3N4O4. The van der Waals surface area contributed by atoms with Crippen LogP contribution in [0.4, 0.5) is 5.69 Å². The Morgan fingerprint density at radius 1 is 1.09 bits per heavy atom. The van der Waals surface area contributed by atoms with E-state index in [1.807, 2.05) is 18.2 Å². The number of nitro groups is 1. The minimum atomic E-state index is -0.501. The van der Waals surface area contributed by atoms with Gasteiger partial charge in [-0.05, 0) is 43.3 Å². The number of hydrogen-bond donors (Lipinski definition) is 0. The quantitative estimate of drug-likeness (QED) is 0.137. The van der Waals surface area contributed by atoms with E-state index in [1.54, 1.807) is 25.1 Å². The molecule has 4 aromatic rings. The zero-order valence-corrected chi connectivity index (χ0v) is 22.3. The molecule has 1 heterocycles. The molecule has 0 atom stereocenters. The van der Waals surface area contributed by atoms with Gasteiger partial charge >= 0.3 is 0 Å². The first-order chi connectivity index (χ1) is 16.2.